The van der Waals surface area contributed by atoms with Crippen molar-refractivity contribution in [2.75, 3.05) is 0 Å². The van der Waals surface area contributed by atoms with Gasteiger partial charge in [0.2, 0.25) is 5.88 Å². The lowest BCUT2D eigenvalue weighted by molar-refractivity contribution is -0.384. The van der Waals surface area contributed by atoms with Crippen molar-refractivity contribution >= 4 is 23.1 Å². The molecule has 0 saturated carbocycles. The number of halogens is 1. The molecule has 8 heteroatoms. The van der Waals surface area contributed by atoms with Crippen molar-refractivity contribution in [3.8, 4) is 11.6 Å². The van der Waals surface area contributed by atoms with Crippen LogP contribution in [0.1, 0.15) is 5.69 Å². The number of nitro benzene ring substituents is 1. The van der Waals surface area contributed by atoms with Crippen LogP contribution < -0.4 is 10.5 Å². The summed E-state index contributed by atoms with van der Waals surface area (Å²) in [5, 5.41) is 18.2. The average molecular weight is 293 g/mol. The molecule has 0 spiro atoms. The molecule has 0 radical (unpaired) electrons. The summed E-state index contributed by atoms with van der Waals surface area (Å²) < 4.78 is 5.39. The van der Waals surface area contributed by atoms with Crippen molar-refractivity contribution in [1.29, 1.82) is 5.41 Å². The SMILES string of the molecule is N=C(N)c1cccc(Oc2cc([N+](=O)[O-])ccc2Cl)n1. The maximum atomic E-state index is 10.7. The van der Waals surface area contributed by atoms with E-state index in [-0.39, 0.29) is 33.9 Å². The average Bonchev–Trinajstić information content (AvgIpc) is 2.41. The summed E-state index contributed by atoms with van der Waals surface area (Å²) >= 11 is 5.91. The number of rotatable bonds is 4. The van der Waals surface area contributed by atoms with E-state index >= 15 is 0 Å². The summed E-state index contributed by atoms with van der Waals surface area (Å²) in [4.78, 5) is 14.1. The zero-order valence-corrected chi connectivity index (χ0v) is 10.8. The molecule has 3 N–H and O–H groups in total. The molecule has 0 amide bonds. The molecule has 1 aromatic heterocycles. The molecule has 2 aromatic rings. The van der Waals surface area contributed by atoms with E-state index in [2.05, 4.69) is 4.98 Å². The quantitative estimate of drug-likeness (QED) is 0.389. The molecule has 7 nitrogen and oxygen atoms in total. The third-order valence-electron chi connectivity index (χ3n) is 2.34. The van der Waals surface area contributed by atoms with Crippen LogP contribution in [0.2, 0.25) is 5.02 Å². The standard InChI is InChI=1S/C12H9ClN4O3/c13-8-5-4-7(17(18)19)6-10(8)20-11-3-1-2-9(16-11)12(14)15/h1-6H,(H3,14,15). The summed E-state index contributed by atoms with van der Waals surface area (Å²) in [5.74, 6) is 0.0368. The predicted molar refractivity (Wildman–Crippen MR) is 73.4 cm³/mol. The van der Waals surface area contributed by atoms with E-state index in [9.17, 15) is 10.1 Å². The molecule has 0 bridgehead atoms. The van der Waals surface area contributed by atoms with Crippen molar-refractivity contribution in [3.63, 3.8) is 0 Å². The van der Waals surface area contributed by atoms with E-state index in [0.717, 1.165) is 0 Å². The lowest BCUT2D eigenvalue weighted by atomic mass is 10.3. The molecule has 20 heavy (non-hydrogen) atoms. The number of benzene rings is 1. The molecule has 0 aliphatic rings. The number of non-ortho nitro benzene ring substituents is 1. The van der Waals surface area contributed by atoms with Gasteiger partial charge in [-0.25, -0.2) is 4.98 Å². The predicted octanol–water partition coefficient (Wildman–Crippen LogP) is 2.72. The van der Waals surface area contributed by atoms with Gasteiger partial charge in [-0.15, -0.1) is 0 Å². The summed E-state index contributed by atoms with van der Waals surface area (Å²) in [6.45, 7) is 0. The number of nitrogens with zero attached hydrogens (tertiary/aromatic N) is 2. The zero-order valence-electron chi connectivity index (χ0n) is 10.0. The Hall–Kier alpha value is -2.67. The molecule has 0 aliphatic carbocycles. The van der Waals surface area contributed by atoms with E-state index in [1.165, 1.54) is 24.3 Å². The van der Waals surface area contributed by atoms with E-state index in [1.807, 2.05) is 0 Å². The second kappa shape index (κ2) is 5.54. The molecule has 0 saturated heterocycles. The van der Waals surface area contributed by atoms with Crippen molar-refractivity contribution < 1.29 is 9.66 Å². The molecule has 2 rings (SSSR count). The first kappa shape index (κ1) is 13.8. The maximum Gasteiger partial charge on any atom is 0.273 e. The van der Waals surface area contributed by atoms with E-state index in [4.69, 9.17) is 27.5 Å². The van der Waals surface area contributed by atoms with Gasteiger partial charge in [0.25, 0.3) is 5.69 Å². The second-order valence-corrected chi connectivity index (χ2v) is 4.16. The fraction of sp³-hybridized carbons (Fsp3) is 0. The lowest BCUT2D eigenvalue weighted by Gasteiger charge is -2.07. The van der Waals surface area contributed by atoms with Crippen LogP contribution in [0.15, 0.2) is 36.4 Å². The number of amidine groups is 1. The first-order valence-electron chi connectivity index (χ1n) is 5.40. The normalized spacial score (nSPS) is 10.1. The molecule has 1 aromatic carbocycles. The Balaban J connectivity index is 2.34. The molecule has 0 atom stereocenters. The van der Waals surface area contributed by atoms with Gasteiger partial charge >= 0.3 is 0 Å². The Morgan fingerprint density at radius 3 is 2.80 bits per heavy atom. The van der Waals surface area contributed by atoms with Gasteiger partial charge in [0.15, 0.2) is 5.75 Å². The van der Waals surface area contributed by atoms with Crippen LogP contribution in [0, 0.1) is 15.5 Å². The Labute approximate surface area is 118 Å². The molecule has 102 valence electrons. The Bertz CT molecular complexity index is 690. The van der Waals surface area contributed by atoms with Crippen molar-refractivity contribution in [1.82, 2.24) is 4.98 Å². The molecule has 1 heterocycles. The fourth-order valence-corrected chi connectivity index (χ4v) is 1.57. The van der Waals surface area contributed by atoms with Crippen LogP contribution in [0.25, 0.3) is 0 Å². The first-order chi connectivity index (χ1) is 9.47. The molecule has 0 fully saturated rings. The van der Waals surface area contributed by atoms with Gasteiger partial charge in [-0.1, -0.05) is 17.7 Å². The smallest absolute Gasteiger partial charge is 0.273 e. The third-order valence-corrected chi connectivity index (χ3v) is 2.65. The third kappa shape index (κ3) is 3.01. The highest BCUT2D eigenvalue weighted by molar-refractivity contribution is 6.32. The largest absolute Gasteiger partial charge is 0.437 e. The van der Waals surface area contributed by atoms with Crippen LogP contribution in [0.5, 0.6) is 11.6 Å². The van der Waals surface area contributed by atoms with Gasteiger partial charge in [0.05, 0.1) is 16.0 Å². The molecule has 0 aliphatic heterocycles. The summed E-state index contributed by atoms with van der Waals surface area (Å²) in [7, 11) is 0. The molecule has 0 unspecified atom stereocenters. The van der Waals surface area contributed by atoms with E-state index in [0.29, 0.717) is 0 Å². The monoisotopic (exact) mass is 292 g/mol. The Morgan fingerprint density at radius 2 is 2.15 bits per heavy atom. The number of hydrogen-bond acceptors (Lipinski definition) is 5. The van der Waals surface area contributed by atoms with Gasteiger partial charge in [0, 0.05) is 12.1 Å². The summed E-state index contributed by atoms with van der Waals surface area (Å²) in [6, 6.07) is 8.51. The van der Waals surface area contributed by atoms with Gasteiger partial charge in [0.1, 0.15) is 11.5 Å². The minimum absolute atomic E-state index is 0.106. The fourth-order valence-electron chi connectivity index (χ4n) is 1.42. The highest BCUT2D eigenvalue weighted by Gasteiger charge is 2.12. The summed E-state index contributed by atoms with van der Waals surface area (Å²) in [5.41, 5.74) is 5.41. The van der Waals surface area contributed by atoms with E-state index in [1.54, 1.807) is 12.1 Å². The second-order valence-electron chi connectivity index (χ2n) is 3.75. The van der Waals surface area contributed by atoms with Crippen molar-refractivity contribution in [2.24, 2.45) is 5.73 Å². The Kier molecular flexibility index (Phi) is 3.81. The Morgan fingerprint density at radius 1 is 1.40 bits per heavy atom. The minimum atomic E-state index is -0.553. The number of nitrogens with two attached hydrogens (primary N) is 1. The van der Waals surface area contributed by atoms with Crippen molar-refractivity contribution in [2.45, 2.75) is 0 Å². The summed E-state index contributed by atoms with van der Waals surface area (Å²) in [6.07, 6.45) is 0. The van der Waals surface area contributed by atoms with Crippen LogP contribution in [-0.2, 0) is 0 Å². The van der Waals surface area contributed by atoms with Crippen LogP contribution in [-0.4, -0.2) is 15.7 Å². The van der Waals surface area contributed by atoms with Gasteiger partial charge in [-0.3, -0.25) is 15.5 Å². The number of hydrogen-bond donors (Lipinski definition) is 2. The van der Waals surface area contributed by atoms with Crippen LogP contribution in [0.3, 0.4) is 0 Å². The van der Waals surface area contributed by atoms with Gasteiger partial charge in [-0.2, -0.15) is 0 Å². The van der Waals surface area contributed by atoms with E-state index < -0.39 is 4.92 Å². The topological polar surface area (TPSA) is 115 Å². The number of ether oxygens (including phenoxy) is 1. The highest BCUT2D eigenvalue weighted by atomic mass is 35.5. The zero-order chi connectivity index (χ0) is 14.7. The minimum Gasteiger partial charge on any atom is -0.437 e. The molecular weight excluding hydrogens is 284 g/mol. The van der Waals surface area contributed by atoms with Gasteiger partial charge in [-0.05, 0) is 12.1 Å². The number of nitrogens with one attached hydrogen (secondary N) is 1. The lowest BCUT2D eigenvalue weighted by Crippen LogP contribution is -2.13. The number of pyridine rings is 1. The number of aromatic nitrogens is 1. The number of nitrogen functional groups attached to an aromatic ring is 1. The van der Waals surface area contributed by atoms with Crippen molar-refractivity contribution in [3.05, 3.63) is 57.2 Å². The number of nitro groups is 1. The maximum absolute atomic E-state index is 10.7. The van der Waals surface area contributed by atoms with Crippen LogP contribution in [0.4, 0.5) is 5.69 Å². The first-order valence-corrected chi connectivity index (χ1v) is 5.78. The van der Waals surface area contributed by atoms with Crippen LogP contribution >= 0.6 is 11.6 Å². The highest BCUT2D eigenvalue weighted by Crippen LogP contribution is 2.31. The molecular formula is C12H9ClN4O3. The van der Waals surface area contributed by atoms with Gasteiger partial charge < -0.3 is 10.5 Å².